The van der Waals surface area contributed by atoms with E-state index >= 15 is 0 Å². The zero-order valence-corrected chi connectivity index (χ0v) is 15.3. The van der Waals surface area contributed by atoms with E-state index in [1.807, 2.05) is 0 Å². The number of aliphatic carboxylic acids is 1. The first kappa shape index (κ1) is 21.9. The summed E-state index contributed by atoms with van der Waals surface area (Å²) >= 11 is 0. The predicted octanol–water partition coefficient (Wildman–Crippen LogP) is 6.03. The third kappa shape index (κ3) is 5.21. The lowest BCUT2D eigenvalue weighted by atomic mass is 10.0. The highest BCUT2D eigenvalue weighted by atomic mass is 19.4. The summed E-state index contributed by atoms with van der Waals surface area (Å²) in [5.41, 5.74) is -0.621. The quantitative estimate of drug-likeness (QED) is 0.466. The number of hydrogen-bond donors (Lipinski definition) is 1. The van der Waals surface area contributed by atoms with Crippen LogP contribution in [0, 0.1) is 0 Å². The second kappa shape index (κ2) is 8.14. The fourth-order valence-corrected chi connectivity index (χ4v) is 3.34. The molecule has 0 saturated carbocycles. The molecule has 3 nitrogen and oxygen atoms in total. The van der Waals surface area contributed by atoms with E-state index in [0.29, 0.717) is 30.5 Å². The Bertz CT molecular complexity index is 943. The standard InChI is InChI=1S/C21H16F6O3/c22-20(23,24)15-8-13(9-16(10-15)21(25,26)27)11-30-18-5-3-14-7-12(1-4-17(14)18)2-6-19(28)29/h1-2,4,6-10,18H,3,5,11H2,(H,28,29)/b6-2+. The molecule has 0 aromatic heterocycles. The van der Waals surface area contributed by atoms with Crippen LogP contribution < -0.4 is 0 Å². The molecule has 0 spiro atoms. The van der Waals surface area contributed by atoms with E-state index in [-0.39, 0.29) is 11.6 Å². The highest BCUT2D eigenvalue weighted by Gasteiger charge is 2.37. The van der Waals surface area contributed by atoms with Crippen molar-refractivity contribution in [1.82, 2.24) is 0 Å². The Balaban J connectivity index is 1.78. The molecule has 9 heteroatoms. The molecule has 1 aliphatic carbocycles. The molecule has 0 fully saturated rings. The molecule has 0 aliphatic heterocycles. The normalized spacial score (nSPS) is 16.8. The summed E-state index contributed by atoms with van der Waals surface area (Å²) in [4.78, 5) is 10.6. The van der Waals surface area contributed by atoms with Gasteiger partial charge in [0.05, 0.1) is 23.8 Å². The van der Waals surface area contributed by atoms with Gasteiger partial charge in [0.1, 0.15) is 0 Å². The molecule has 1 N–H and O–H groups in total. The second-order valence-electron chi connectivity index (χ2n) is 6.88. The van der Waals surface area contributed by atoms with Gasteiger partial charge < -0.3 is 9.84 Å². The zero-order valence-electron chi connectivity index (χ0n) is 15.3. The lowest BCUT2D eigenvalue weighted by Gasteiger charge is -2.17. The number of halogens is 6. The van der Waals surface area contributed by atoms with Crippen LogP contribution in [0.4, 0.5) is 26.3 Å². The maximum atomic E-state index is 13.0. The first-order valence-electron chi connectivity index (χ1n) is 8.87. The molecule has 3 rings (SSSR count). The lowest BCUT2D eigenvalue weighted by molar-refractivity contribution is -0.143. The van der Waals surface area contributed by atoms with E-state index in [4.69, 9.17) is 9.84 Å². The van der Waals surface area contributed by atoms with Crippen molar-refractivity contribution < 1.29 is 41.0 Å². The van der Waals surface area contributed by atoms with Gasteiger partial charge in [0.2, 0.25) is 0 Å². The van der Waals surface area contributed by atoms with Gasteiger partial charge in [0.15, 0.2) is 0 Å². The third-order valence-electron chi connectivity index (χ3n) is 4.71. The number of carboxylic acids is 1. The summed E-state index contributed by atoms with van der Waals surface area (Å²) < 4.78 is 83.5. The molecule has 0 bridgehead atoms. The lowest BCUT2D eigenvalue weighted by Crippen LogP contribution is -2.12. The molecule has 1 atom stereocenters. The minimum absolute atomic E-state index is 0.0839. The van der Waals surface area contributed by atoms with Crippen LogP contribution in [0.5, 0.6) is 0 Å². The van der Waals surface area contributed by atoms with Crippen LogP contribution in [0.2, 0.25) is 0 Å². The van der Waals surface area contributed by atoms with Gasteiger partial charge in [0.25, 0.3) is 0 Å². The first-order valence-corrected chi connectivity index (χ1v) is 8.87. The third-order valence-corrected chi connectivity index (χ3v) is 4.71. The SMILES string of the molecule is O=C(O)/C=C/c1ccc2c(c1)CCC2OCc1cc(C(F)(F)F)cc(C(F)(F)F)c1. The van der Waals surface area contributed by atoms with Gasteiger partial charge in [-0.15, -0.1) is 0 Å². The summed E-state index contributed by atoms with van der Waals surface area (Å²) in [6, 6.07) is 6.58. The Morgan fingerprint density at radius 3 is 2.23 bits per heavy atom. The number of ether oxygens (including phenoxy) is 1. The van der Waals surface area contributed by atoms with Gasteiger partial charge in [-0.1, -0.05) is 18.2 Å². The van der Waals surface area contributed by atoms with Crippen molar-refractivity contribution in [3.63, 3.8) is 0 Å². The number of alkyl halides is 6. The highest BCUT2D eigenvalue weighted by molar-refractivity contribution is 5.85. The highest BCUT2D eigenvalue weighted by Crippen LogP contribution is 2.38. The van der Waals surface area contributed by atoms with Crippen molar-refractivity contribution in [2.75, 3.05) is 0 Å². The first-order chi connectivity index (χ1) is 13.9. The Morgan fingerprint density at radius 1 is 1.03 bits per heavy atom. The van der Waals surface area contributed by atoms with Crippen molar-refractivity contribution in [1.29, 1.82) is 0 Å². The Labute approximate surface area is 167 Å². The van der Waals surface area contributed by atoms with Gasteiger partial charge in [-0.25, -0.2) is 4.79 Å². The molecule has 1 unspecified atom stereocenters. The molecule has 2 aromatic carbocycles. The van der Waals surface area contributed by atoms with Crippen LogP contribution in [0.25, 0.3) is 6.08 Å². The average molecular weight is 430 g/mol. The van der Waals surface area contributed by atoms with Crippen LogP contribution in [0.3, 0.4) is 0 Å². The maximum Gasteiger partial charge on any atom is 0.416 e. The zero-order chi connectivity index (χ0) is 22.1. The maximum absolute atomic E-state index is 13.0. The largest absolute Gasteiger partial charge is 0.478 e. The van der Waals surface area contributed by atoms with Crippen molar-refractivity contribution in [3.05, 3.63) is 75.9 Å². The molecule has 160 valence electrons. The number of fused-ring (bicyclic) bond motifs is 1. The second-order valence-corrected chi connectivity index (χ2v) is 6.88. The van der Waals surface area contributed by atoms with Crippen molar-refractivity contribution in [2.45, 2.75) is 37.9 Å². The van der Waals surface area contributed by atoms with Crippen molar-refractivity contribution in [3.8, 4) is 0 Å². The Kier molecular flexibility index (Phi) is 5.94. The van der Waals surface area contributed by atoms with Crippen LogP contribution in [-0.4, -0.2) is 11.1 Å². The van der Waals surface area contributed by atoms with Gasteiger partial charge in [-0.3, -0.25) is 0 Å². The molecular weight excluding hydrogens is 414 g/mol. The molecule has 30 heavy (non-hydrogen) atoms. The predicted molar refractivity (Wildman–Crippen MR) is 95.4 cm³/mol. The minimum Gasteiger partial charge on any atom is -0.478 e. The number of carbonyl (C=O) groups is 1. The molecule has 0 heterocycles. The van der Waals surface area contributed by atoms with Crippen molar-refractivity contribution in [2.24, 2.45) is 0 Å². The van der Waals surface area contributed by atoms with Gasteiger partial charge in [0, 0.05) is 6.08 Å². The fourth-order valence-electron chi connectivity index (χ4n) is 3.34. The van der Waals surface area contributed by atoms with E-state index in [1.165, 1.54) is 6.08 Å². The fraction of sp³-hybridized carbons (Fsp3) is 0.286. The van der Waals surface area contributed by atoms with Crippen LogP contribution >= 0.6 is 0 Å². The van der Waals surface area contributed by atoms with E-state index in [2.05, 4.69) is 0 Å². The van der Waals surface area contributed by atoms with E-state index in [9.17, 15) is 31.1 Å². The summed E-state index contributed by atoms with van der Waals surface area (Å²) in [6.45, 7) is -0.405. The summed E-state index contributed by atoms with van der Waals surface area (Å²) in [6.07, 6.45) is -6.74. The summed E-state index contributed by atoms with van der Waals surface area (Å²) in [7, 11) is 0. The average Bonchev–Trinajstić information content (AvgIpc) is 3.05. The number of rotatable bonds is 5. The van der Waals surface area contributed by atoms with Crippen LogP contribution in [0.15, 0.2) is 42.5 Å². The molecule has 0 amide bonds. The Hall–Kier alpha value is -2.81. The van der Waals surface area contributed by atoms with Crippen LogP contribution in [-0.2, 0) is 34.9 Å². The topological polar surface area (TPSA) is 46.5 Å². The number of aryl methyl sites for hydroxylation is 1. The monoisotopic (exact) mass is 430 g/mol. The number of hydrogen-bond acceptors (Lipinski definition) is 2. The molecular formula is C21H16F6O3. The van der Waals surface area contributed by atoms with Gasteiger partial charge >= 0.3 is 18.3 Å². The molecule has 0 saturated heterocycles. The van der Waals surface area contributed by atoms with Crippen molar-refractivity contribution >= 4 is 12.0 Å². The minimum atomic E-state index is -4.91. The summed E-state index contributed by atoms with van der Waals surface area (Å²) in [5, 5.41) is 8.68. The Morgan fingerprint density at radius 2 is 1.67 bits per heavy atom. The smallest absolute Gasteiger partial charge is 0.416 e. The van der Waals surface area contributed by atoms with Crippen LogP contribution in [0.1, 0.15) is 45.9 Å². The number of carboxylic acid groups (broad SMARTS) is 1. The van der Waals surface area contributed by atoms with E-state index in [0.717, 1.165) is 17.2 Å². The van der Waals surface area contributed by atoms with Gasteiger partial charge in [-0.2, -0.15) is 26.3 Å². The molecule has 0 radical (unpaired) electrons. The van der Waals surface area contributed by atoms with Gasteiger partial charge in [-0.05, 0) is 59.4 Å². The van der Waals surface area contributed by atoms with E-state index in [1.54, 1.807) is 18.2 Å². The summed E-state index contributed by atoms with van der Waals surface area (Å²) in [5.74, 6) is -1.09. The molecule has 2 aromatic rings. The molecule has 1 aliphatic rings. The van der Waals surface area contributed by atoms with E-state index < -0.39 is 42.2 Å². The number of benzene rings is 2.